The van der Waals surface area contributed by atoms with Gasteiger partial charge in [-0.05, 0) is 56.7 Å². The number of nitrogens with zero attached hydrogens (tertiary/aromatic N) is 3. The molecule has 0 aliphatic heterocycles. The van der Waals surface area contributed by atoms with Crippen LogP contribution in [0.5, 0.6) is 0 Å². The summed E-state index contributed by atoms with van der Waals surface area (Å²) in [7, 11) is 1.30. The number of aryl methyl sites for hydroxylation is 1. The van der Waals surface area contributed by atoms with Crippen molar-refractivity contribution >= 4 is 34.4 Å². The van der Waals surface area contributed by atoms with Gasteiger partial charge in [-0.1, -0.05) is 29.0 Å². The summed E-state index contributed by atoms with van der Waals surface area (Å²) in [4.78, 5) is 21.9. The standard InChI is InChI=1S/C24H20F3N3O2S/c1-13(2)11-19-21(15-5-7-16(8-6-15)24(25,26)27)29-23(33-19)30-12-14(3)20-18(30)10-9-17(28-20)22(31)32-4/h5-12H,1-4H3. The van der Waals surface area contributed by atoms with Crippen LogP contribution in [0.4, 0.5) is 13.2 Å². The number of alkyl halides is 3. The molecule has 4 aromatic rings. The van der Waals surface area contributed by atoms with E-state index < -0.39 is 17.7 Å². The molecule has 5 nitrogen and oxygen atoms in total. The summed E-state index contributed by atoms with van der Waals surface area (Å²) >= 11 is 1.42. The lowest BCUT2D eigenvalue weighted by Gasteiger charge is -2.07. The van der Waals surface area contributed by atoms with Crippen molar-refractivity contribution in [1.29, 1.82) is 0 Å². The number of hydrogen-bond donors (Lipinski definition) is 0. The maximum absolute atomic E-state index is 13.0. The van der Waals surface area contributed by atoms with Gasteiger partial charge in [-0.2, -0.15) is 13.2 Å². The van der Waals surface area contributed by atoms with Gasteiger partial charge in [-0.25, -0.2) is 14.8 Å². The molecule has 0 unspecified atom stereocenters. The van der Waals surface area contributed by atoms with Gasteiger partial charge in [-0.3, -0.25) is 4.57 Å². The molecule has 0 saturated carbocycles. The highest BCUT2D eigenvalue weighted by Crippen LogP contribution is 2.36. The van der Waals surface area contributed by atoms with Crippen molar-refractivity contribution in [3.8, 4) is 16.4 Å². The Hall–Kier alpha value is -3.46. The molecule has 0 fully saturated rings. The molecule has 0 saturated heterocycles. The van der Waals surface area contributed by atoms with Gasteiger partial charge in [0.25, 0.3) is 0 Å². The Morgan fingerprint density at radius 1 is 1.09 bits per heavy atom. The molecule has 0 spiro atoms. The molecule has 0 aliphatic carbocycles. The number of hydrogen-bond acceptors (Lipinski definition) is 5. The average molecular weight is 472 g/mol. The average Bonchev–Trinajstić information content (AvgIpc) is 3.33. The van der Waals surface area contributed by atoms with Crippen LogP contribution in [-0.4, -0.2) is 27.6 Å². The van der Waals surface area contributed by atoms with E-state index in [0.29, 0.717) is 21.9 Å². The van der Waals surface area contributed by atoms with Gasteiger partial charge in [0.15, 0.2) is 5.13 Å². The maximum Gasteiger partial charge on any atom is 0.416 e. The first-order valence-corrected chi connectivity index (χ1v) is 10.8. The zero-order valence-corrected chi connectivity index (χ0v) is 19.1. The van der Waals surface area contributed by atoms with Crippen LogP contribution in [0.3, 0.4) is 0 Å². The molecule has 0 amide bonds. The molecule has 0 radical (unpaired) electrons. The number of methoxy groups -OCH3 is 1. The van der Waals surface area contributed by atoms with Gasteiger partial charge in [0.2, 0.25) is 0 Å². The fraction of sp³-hybridized carbons (Fsp3) is 0.208. The zero-order chi connectivity index (χ0) is 23.9. The lowest BCUT2D eigenvalue weighted by molar-refractivity contribution is -0.137. The topological polar surface area (TPSA) is 57.0 Å². The van der Waals surface area contributed by atoms with Crippen LogP contribution in [-0.2, 0) is 10.9 Å². The number of esters is 1. The third kappa shape index (κ3) is 4.41. The molecule has 0 aliphatic rings. The summed E-state index contributed by atoms with van der Waals surface area (Å²) in [6, 6.07) is 8.37. The van der Waals surface area contributed by atoms with Crippen LogP contribution in [0.25, 0.3) is 33.5 Å². The third-order valence-electron chi connectivity index (χ3n) is 4.98. The maximum atomic E-state index is 13.0. The SMILES string of the molecule is COC(=O)c1ccc2c(n1)c(C)cn2-c1nc(-c2ccc(C(F)(F)F)cc2)c(C=C(C)C)s1. The highest BCUT2D eigenvalue weighted by atomic mass is 32.1. The molecule has 33 heavy (non-hydrogen) atoms. The van der Waals surface area contributed by atoms with Crippen molar-refractivity contribution in [1.82, 2.24) is 14.5 Å². The number of ether oxygens (including phenoxy) is 1. The monoisotopic (exact) mass is 471 g/mol. The number of rotatable bonds is 4. The number of fused-ring (bicyclic) bond motifs is 1. The number of benzene rings is 1. The summed E-state index contributed by atoms with van der Waals surface area (Å²) < 4.78 is 45.6. The third-order valence-corrected chi connectivity index (χ3v) is 5.98. The van der Waals surface area contributed by atoms with E-state index in [1.54, 1.807) is 12.1 Å². The van der Waals surface area contributed by atoms with Gasteiger partial charge in [0, 0.05) is 11.8 Å². The second-order valence-electron chi connectivity index (χ2n) is 7.74. The molecule has 0 N–H and O–H groups in total. The first kappa shape index (κ1) is 22.7. The van der Waals surface area contributed by atoms with Crippen molar-refractivity contribution in [2.24, 2.45) is 0 Å². The van der Waals surface area contributed by atoms with Crippen LogP contribution in [0.2, 0.25) is 0 Å². The smallest absolute Gasteiger partial charge is 0.416 e. The van der Waals surface area contributed by atoms with Gasteiger partial charge in [0.05, 0.1) is 34.3 Å². The number of carbonyl (C=O) groups excluding carboxylic acids is 1. The quantitative estimate of drug-likeness (QED) is 0.311. The fourth-order valence-corrected chi connectivity index (χ4v) is 4.58. The molecule has 3 heterocycles. The van der Waals surface area contributed by atoms with Crippen molar-refractivity contribution in [2.45, 2.75) is 26.9 Å². The predicted molar refractivity (Wildman–Crippen MR) is 123 cm³/mol. The van der Waals surface area contributed by atoms with Crippen LogP contribution in [0, 0.1) is 6.92 Å². The summed E-state index contributed by atoms with van der Waals surface area (Å²) in [5.74, 6) is -0.520. The van der Waals surface area contributed by atoms with E-state index in [4.69, 9.17) is 9.72 Å². The van der Waals surface area contributed by atoms with E-state index >= 15 is 0 Å². The van der Waals surface area contributed by atoms with Crippen molar-refractivity contribution in [2.75, 3.05) is 7.11 Å². The highest BCUT2D eigenvalue weighted by Gasteiger charge is 2.30. The van der Waals surface area contributed by atoms with Crippen molar-refractivity contribution in [3.63, 3.8) is 0 Å². The second kappa shape index (κ2) is 8.47. The second-order valence-corrected chi connectivity index (χ2v) is 8.75. The molecular weight excluding hydrogens is 451 g/mol. The van der Waals surface area contributed by atoms with E-state index in [9.17, 15) is 18.0 Å². The summed E-state index contributed by atoms with van der Waals surface area (Å²) in [6.45, 7) is 5.78. The molecule has 0 bridgehead atoms. The Balaban J connectivity index is 1.85. The van der Waals surface area contributed by atoms with E-state index in [0.717, 1.165) is 33.7 Å². The minimum Gasteiger partial charge on any atom is -0.464 e. The minimum atomic E-state index is -4.40. The van der Waals surface area contributed by atoms with E-state index in [2.05, 4.69) is 4.98 Å². The van der Waals surface area contributed by atoms with Gasteiger partial charge in [-0.15, -0.1) is 0 Å². The number of thiazole rings is 1. The fourth-order valence-electron chi connectivity index (χ4n) is 3.44. The molecule has 0 atom stereocenters. The number of allylic oxidation sites excluding steroid dienone is 1. The van der Waals surface area contributed by atoms with Gasteiger partial charge in [0.1, 0.15) is 5.69 Å². The Morgan fingerprint density at radius 2 is 1.79 bits per heavy atom. The van der Waals surface area contributed by atoms with E-state index in [-0.39, 0.29) is 5.69 Å². The predicted octanol–water partition coefficient (Wildman–Crippen LogP) is 6.69. The number of aromatic nitrogens is 3. The molecule has 4 rings (SSSR count). The normalized spacial score (nSPS) is 11.6. The Labute approximate surface area is 192 Å². The van der Waals surface area contributed by atoms with Crippen LogP contribution < -0.4 is 0 Å². The largest absolute Gasteiger partial charge is 0.464 e. The van der Waals surface area contributed by atoms with Crippen molar-refractivity contribution in [3.05, 3.63) is 69.9 Å². The van der Waals surface area contributed by atoms with Crippen LogP contribution >= 0.6 is 11.3 Å². The first-order valence-electron chi connectivity index (χ1n) is 9.99. The molecule has 1 aromatic carbocycles. The van der Waals surface area contributed by atoms with E-state index in [1.807, 2.05) is 37.6 Å². The van der Waals surface area contributed by atoms with E-state index in [1.165, 1.54) is 30.6 Å². The summed E-state index contributed by atoms with van der Waals surface area (Å²) in [5, 5.41) is 0.642. The molecule has 170 valence electrons. The van der Waals surface area contributed by atoms with Gasteiger partial charge >= 0.3 is 12.1 Å². The zero-order valence-electron chi connectivity index (χ0n) is 18.3. The Bertz CT molecular complexity index is 1380. The number of pyridine rings is 1. The van der Waals surface area contributed by atoms with Gasteiger partial charge < -0.3 is 4.74 Å². The Kier molecular flexibility index (Phi) is 5.84. The van der Waals surface area contributed by atoms with Crippen LogP contribution in [0.1, 0.15) is 40.3 Å². The lowest BCUT2D eigenvalue weighted by atomic mass is 10.1. The molecular formula is C24H20F3N3O2S. The first-order chi connectivity index (χ1) is 15.6. The lowest BCUT2D eigenvalue weighted by Crippen LogP contribution is -2.04. The van der Waals surface area contributed by atoms with Crippen LogP contribution in [0.15, 0.2) is 48.2 Å². The molecule has 3 aromatic heterocycles. The number of carbonyl (C=O) groups is 1. The summed E-state index contributed by atoms with van der Waals surface area (Å²) in [5.41, 5.74) is 4.00. The number of halogens is 3. The highest BCUT2D eigenvalue weighted by molar-refractivity contribution is 7.15. The summed E-state index contributed by atoms with van der Waals surface area (Å²) in [6.07, 6.45) is -0.563. The Morgan fingerprint density at radius 3 is 2.39 bits per heavy atom. The minimum absolute atomic E-state index is 0.209. The van der Waals surface area contributed by atoms with Crippen molar-refractivity contribution < 1.29 is 22.7 Å². The molecule has 9 heteroatoms.